The summed E-state index contributed by atoms with van der Waals surface area (Å²) in [6, 6.07) is 2.98. The van der Waals surface area contributed by atoms with E-state index >= 15 is 0 Å². The van der Waals surface area contributed by atoms with Crippen molar-refractivity contribution in [3.05, 3.63) is 23.4 Å². The molecule has 1 atom stereocenters. The Balaban J connectivity index is 2.74. The van der Waals surface area contributed by atoms with E-state index in [-0.39, 0.29) is 18.3 Å². The van der Waals surface area contributed by atoms with Gasteiger partial charge in [0, 0.05) is 36.6 Å². The van der Waals surface area contributed by atoms with Crippen LogP contribution in [0.5, 0.6) is 5.88 Å². The van der Waals surface area contributed by atoms with E-state index in [1.165, 1.54) is 12.0 Å². The monoisotopic (exact) mass is 343 g/mol. The number of urea groups is 1. The Hall–Kier alpha value is -1.83. The Labute approximate surface area is 138 Å². The summed E-state index contributed by atoms with van der Waals surface area (Å²) in [7, 11) is -1.62. The summed E-state index contributed by atoms with van der Waals surface area (Å²) in [5.41, 5.74) is 1.59. The Bertz CT molecular complexity index is 646. The number of methoxy groups -OCH3 is 1. The number of nitrogens with one attached hydrogen (secondary N) is 1. The minimum absolute atomic E-state index is 0.0658. The van der Waals surface area contributed by atoms with E-state index in [0.29, 0.717) is 12.4 Å². The maximum atomic E-state index is 12.3. The van der Waals surface area contributed by atoms with Crippen LogP contribution in [-0.4, -0.2) is 56.0 Å². The van der Waals surface area contributed by atoms with Crippen LogP contribution in [0.25, 0.3) is 0 Å². The molecule has 1 N–H and O–H groups in total. The summed E-state index contributed by atoms with van der Waals surface area (Å²) < 4.78 is 28.0. The van der Waals surface area contributed by atoms with E-state index in [9.17, 15) is 13.2 Å². The van der Waals surface area contributed by atoms with Crippen molar-refractivity contribution in [2.75, 3.05) is 25.7 Å². The Morgan fingerprint density at radius 1 is 1.43 bits per heavy atom. The van der Waals surface area contributed by atoms with Gasteiger partial charge < -0.3 is 15.0 Å². The average molecular weight is 343 g/mol. The van der Waals surface area contributed by atoms with E-state index in [0.717, 1.165) is 17.5 Å². The van der Waals surface area contributed by atoms with E-state index in [1.807, 2.05) is 26.0 Å². The first-order valence-corrected chi connectivity index (χ1v) is 9.46. The van der Waals surface area contributed by atoms with Crippen molar-refractivity contribution in [1.82, 2.24) is 15.2 Å². The van der Waals surface area contributed by atoms with Gasteiger partial charge in [0.15, 0.2) is 0 Å². The fourth-order valence-corrected chi connectivity index (χ4v) is 3.39. The number of rotatable bonds is 7. The fraction of sp³-hybridized carbons (Fsp3) is 0.600. The predicted molar refractivity (Wildman–Crippen MR) is 89.3 cm³/mol. The van der Waals surface area contributed by atoms with Crippen molar-refractivity contribution in [1.29, 1.82) is 0 Å². The molecule has 0 radical (unpaired) electrons. The summed E-state index contributed by atoms with van der Waals surface area (Å²) in [6.45, 7) is 6.07. The van der Waals surface area contributed by atoms with Gasteiger partial charge in [-0.3, -0.25) is 0 Å². The number of nitrogens with zero attached hydrogens (tertiary/aromatic N) is 2. The topological polar surface area (TPSA) is 88.6 Å². The Morgan fingerprint density at radius 3 is 2.61 bits per heavy atom. The van der Waals surface area contributed by atoms with Gasteiger partial charge in [-0.2, -0.15) is 0 Å². The first-order valence-electron chi connectivity index (χ1n) is 7.40. The smallest absolute Gasteiger partial charge is 0.317 e. The van der Waals surface area contributed by atoms with Gasteiger partial charge in [-0.15, -0.1) is 0 Å². The van der Waals surface area contributed by atoms with Gasteiger partial charge in [-0.05, 0) is 26.8 Å². The van der Waals surface area contributed by atoms with Crippen LogP contribution < -0.4 is 10.1 Å². The van der Waals surface area contributed by atoms with Crippen LogP contribution in [0.3, 0.4) is 0 Å². The SMILES string of the molecule is CCN(C(=O)NCc1ccc(C)nc1OC)C(C)CS(C)(=O)=O. The molecule has 0 spiro atoms. The summed E-state index contributed by atoms with van der Waals surface area (Å²) in [6.07, 6.45) is 1.16. The largest absolute Gasteiger partial charge is 0.481 e. The highest BCUT2D eigenvalue weighted by Gasteiger charge is 2.22. The highest BCUT2D eigenvalue weighted by Crippen LogP contribution is 2.15. The van der Waals surface area contributed by atoms with Gasteiger partial charge in [0.05, 0.1) is 12.9 Å². The van der Waals surface area contributed by atoms with Gasteiger partial charge in [0.2, 0.25) is 5.88 Å². The lowest BCUT2D eigenvalue weighted by Gasteiger charge is -2.27. The molecule has 8 heteroatoms. The normalized spacial score (nSPS) is 12.6. The molecule has 0 saturated carbocycles. The molecular weight excluding hydrogens is 318 g/mol. The van der Waals surface area contributed by atoms with Gasteiger partial charge in [-0.1, -0.05) is 6.07 Å². The number of hydrogen-bond acceptors (Lipinski definition) is 5. The van der Waals surface area contributed by atoms with Crippen molar-refractivity contribution in [3.8, 4) is 5.88 Å². The summed E-state index contributed by atoms with van der Waals surface area (Å²) in [5, 5.41) is 2.78. The second kappa shape index (κ2) is 8.14. The number of ether oxygens (including phenoxy) is 1. The summed E-state index contributed by atoms with van der Waals surface area (Å²) in [4.78, 5) is 18.0. The lowest BCUT2D eigenvalue weighted by molar-refractivity contribution is 0.187. The molecule has 0 aromatic carbocycles. The van der Waals surface area contributed by atoms with Gasteiger partial charge in [0.25, 0.3) is 0 Å². The molecule has 2 amide bonds. The number of carbonyl (C=O) groups is 1. The van der Waals surface area contributed by atoms with Crippen LogP contribution in [-0.2, 0) is 16.4 Å². The molecule has 0 fully saturated rings. The molecular formula is C15H25N3O4S. The number of hydrogen-bond donors (Lipinski definition) is 1. The maximum Gasteiger partial charge on any atom is 0.317 e. The molecule has 1 heterocycles. The lowest BCUT2D eigenvalue weighted by atomic mass is 10.2. The van der Waals surface area contributed by atoms with Crippen LogP contribution >= 0.6 is 0 Å². The fourth-order valence-electron chi connectivity index (χ4n) is 2.33. The van der Waals surface area contributed by atoms with Gasteiger partial charge in [0.1, 0.15) is 9.84 Å². The van der Waals surface area contributed by atoms with E-state index in [4.69, 9.17) is 4.74 Å². The minimum Gasteiger partial charge on any atom is -0.481 e. The number of aryl methyl sites for hydroxylation is 1. The third-order valence-corrected chi connectivity index (χ3v) is 4.47. The summed E-state index contributed by atoms with van der Waals surface area (Å²) in [5.74, 6) is 0.404. The number of sulfone groups is 1. The minimum atomic E-state index is -3.15. The molecule has 1 unspecified atom stereocenters. The first-order chi connectivity index (χ1) is 10.7. The zero-order valence-electron chi connectivity index (χ0n) is 14.3. The lowest BCUT2D eigenvalue weighted by Crippen LogP contribution is -2.47. The van der Waals surface area contributed by atoms with Crippen molar-refractivity contribution in [2.24, 2.45) is 0 Å². The standard InChI is InChI=1S/C15H25N3O4S/c1-6-18(12(3)10-23(5,20)21)15(19)16-9-13-8-7-11(2)17-14(13)22-4/h7-8,12H,6,9-10H2,1-5H3,(H,16,19). The second-order valence-electron chi connectivity index (χ2n) is 5.51. The van der Waals surface area contributed by atoms with E-state index in [2.05, 4.69) is 10.3 Å². The number of carbonyl (C=O) groups excluding carboxylic acids is 1. The molecule has 130 valence electrons. The molecule has 7 nitrogen and oxygen atoms in total. The molecule has 1 aromatic heterocycles. The number of amides is 2. The first kappa shape index (κ1) is 19.2. The third-order valence-electron chi connectivity index (χ3n) is 3.38. The third kappa shape index (κ3) is 6.05. The molecule has 0 bridgehead atoms. The van der Waals surface area contributed by atoms with Crippen LogP contribution in [0.15, 0.2) is 12.1 Å². The molecule has 0 aliphatic heterocycles. The van der Waals surface area contributed by atoms with E-state index in [1.54, 1.807) is 6.92 Å². The highest BCUT2D eigenvalue weighted by atomic mass is 32.2. The van der Waals surface area contributed by atoms with Crippen molar-refractivity contribution in [2.45, 2.75) is 33.4 Å². The van der Waals surface area contributed by atoms with Crippen LogP contribution in [0.1, 0.15) is 25.1 Å². The van der Waals surface area contributed by atoms with E-state index < -0.39 is 15.9 Å². The zero-order chi connectivity index (χ0) is 17.6. The molecule has 1 aromatic rings. The van der Waals surface area contributed by atoms with Crippen molar-refractivity contribution < 1.29 is 17.9 Å². The second-order valence-corrected chi connectivity index (χ2v) is 7.69. The zero-order valence-corrected chi connectivity index (χ0v) is 15.1. The molecule has 23 heavy (non-hydrogen) atoms. The maximum absolute atomic E-state index is 12.3. The summed E-state index contributed by atoms with van der Waals surface area (Å²) >= 11 is 0. The Morgan fingerprint density at radius 2 is 2.09 bits per heavy atom. The van der Waals surface area contributed by atoms with Crippen LogP contribution in [0.2, 0.25) is 0 Å². The Kier molecular flexibility index (Phi) is 6.80. The molecule has 1 rings (SSSR count). The highest BCUT2D eigenvalue weighted by molar-refractivity contribution is 7.90. The molecule has 0 aliphatic carbocycles. The number of aromatic nitrogens is 1. The van der Waals surface area contributed by atoms with Crippen molar-refractivity contribution >= 4 is 15.9 Å². The van der Waals surface area contributed by atoms with Crippen LogP contribution in [0, 0.1) is 6.92 Å². The molecule has 0 saturated heterocycles. The number of pyridine rings is 1. The quantitative estimate of drug-likeness (QED) is 0.807. The van der Waals surface area contributed by atoms with Crippen LogP contribution in [0.4, 0.5) is 4.79 Å². The molecule has 0 aliphatic rings. The average Bonchev–Trinajstić information content (AvgIpc) is 2.44. The van der Waals surface area contributed by atoms with Gasteiger partial charge >= 0.3 is 6.03 Å². The van der Waals surface area contributed by atoms with Crippen molar-refractivity contribution in [3.63, 3.8) is 0 Å². The van der Waals surface area contributed by atoms with Gasteiger partial charge in [-0.25, -0.2) is 18.2 Å². The predicted octanol–water partition coefficient (Wildman–Crippen LogP) is 1.36.